The zero-order valence-corrected chi connectivity index (χ0v) is 9.83. The van der Waals surface area contributed by atoms with Crippen molar-refractivity contribution in [2.24, 2.45) is 10.9 Å². The maximum absolute atomic E-state index is 11.7. The molecular weight excluding hydrogens is 226 g/mol. The molecule has 0 aliphatic carbocycles. The Labute approximate surface area is 98.0 Å². The number of nitrogens with one attached hydrogen (secondary N) is 1. The Kier molecular flexibility index (Phi) is 4.78. The second kappa shape index (κ2) is 6.12. The minimum Gasteiger partial charge on any atom is -0.409 e. The summed E-state index contributed by atoms with van der Waals surface area (Å²) in [4.78, 5) is 12.4. The maximum atomic E-state index is 11.7. The number of hydrogen-bond acceptors (Lipinski definition) is 4. The molecule has 0 aromatic carbocycles. The lowest BCUT2D eigenvalue weighted by atomic mass is 10.1. The van der Waals surface area contributed by atoms with Gasteiger partial charge in [0.15, 0.2) is 0 Å². The van der Waals surface area contributed by atoms with Crippen molar-refractivity contribution in [2.45, 2.75) is 25.8 Å². The molecule has 0 aliphatic rings. The molecule has 1 heterocycles. The smallest absolute Gasteiger partial charge is 0.261 e. The van der Waals surface area contributed by atoms with Gasteiger partial charge in [0.2, 0.25) is 0 Å². The van der Waals surface area contributed by atoms with Crippen molar-refractivity contribution in [1.82, 2.24) is 5.32 Å². The Bertz CT molecular complexity index is 362. The predicted octanol–water partition coefficient (Wildman–Crippen LogP) is 1.39. The van der Waals surface area contributed by atoms with E-state index >= 15 is 0 Å². The Hall–Kier alpha value is -1.56. The van der Waals surface area contributed by atoms with E-state index in [0.29, 0.717) is 11.3 Å². The van der Waals surface area contributed by atoms with Gasteiger partial charge in [-0.25, -0.2) is 0 Å². The lowest BCUT2D eigenvalue weighted by Crippen LogP contribution is -2.37. The van der Waals surface area contributed by atoms with Gasteiger partial charge in [0.25, 0.3) is 5.91 Å². The van der Waals surface area contributed by atoms with Gasteiger partial charge in [-0.2, -0.15) is 0 Å². The molecule has 1 aromatic heterocycles. The standard InChI is InChI=1S/C10H15N3O2S/c1-2-7(6-9(11)13-15)12-10(14)8-4-3-5-16-8/h3-5,7,15H,2,6H2,1H3,(H2,11,13)(H,12,14). The van der Waals surface area contributed by atoms with E-state index in [1.165, 1.54) is 11.3 Å². The molecule has 0 fully saturated rings. The van der Waals surface area contributed by atoms with Crippen LogP contribution in [0.25, 0.3) is 0 Å². The zero-order chi connectivity index (χ0) is 12.0. The summed E-state index contributed by atoms with van der Waals surface area (Å²) >= 11 is 1.39. The van der Waals surface area contributed by atoms with Crippen LogP contribution < -0.4 is 11.1 Å². The van der Waals surface area contributed by atoms with Crippen LogP contribution in [-0.4, -0.2) is 23.0 Å². The molecule has 1 rings (SSSR count). The largest absolute Gasteiger partial charge is 0.409 e. The van der Waals surface area contributed by atoms with Crippen molar-refractivity contribution in [3.63, 3.8) is 0 Å². The zero-order valence-electron chi connectivity index (χ0n) is 9.01. The Morgan fingerprint density at radius 2 is 2.50 bits per heavy atom. The molecule has 0 aliphatic heterocycles. The van der Waals surface area contributed by atoms with Gasteiger partial charge in [-0.05, 0) is 17.9 Å². The van der Waals surface area contributed by atoms with Crippen LogP contribution in [-0.2, 0) is 0 Å². The number of amides is 1. The second-order valence-electron chi connectivity index (χ2n) is 3.35. The number of carbonyl (C=O) groups excluding carboxylic acids is 1. The fourth-order valence-corrected chi connectivity index (χ4v) is 1.88. The summed E-state index contributed by atoms with van der Waals surface area (Å²) < 4.78 is 0. The van der Waals surface area contributed by atoms with E-state index < -0.39 is 0 Å². The third kappa shape index (κ3) is 3.54. The van der Waals surface area contributed by atoms with E-state index in [-0.39, 0.29) is 17.8 Å². The highest BCUT2D eigenvalue weighted by Crippen LogP contribution is 2.09. The molecule has 4 N–H and O–H groups in total. The number of nitrogens with two attached hydrogens (primary N) is 1. The summed E-state index contributed by atoms with van der Waals surface area (Å²) in [5.74, 6) is 0.00548. The molecule has 16 heavy (non-hydrogen) atoms. The number of amidine groups is 1. The van der Waals surface area contributed by atoms with Crippen LogP contribution in [0.4, 0.5) is 0 Å². The fourth-order valence-electron chi connectivity index (χ4n) is 1.25. The summed E-state index contributed by atoms with van der Waals surface area (Å²) in [6.45, 7) is 1.93. The van der Waals surface area contributed by atoms with Crippen LogP contribution in [0.2, 0.25) is 0 Å². The molecule has 1 unspecified atom stereocenters. The van der Waals surface area contributed by atoms with Gasteiger partial charge in [-0.3, -0.25) is 4.79 Å². The van der Waals surface area contributed by atoms with Gasteiger partial charge in [-0.15, -0.1) is 11.3 Å². The molecule has 0 bridgehead atoms. The van der Waals surface area contributed by atoms with E-state index in [1.54, 1.807) is 6.07 Å². The number of thiophene rings is 1. The van der Waals surface area contributed by atoms with E-state index in [0.717, 1.165) is 6.42 Å². The predicted molar refractivity (Wildman–Crippen MR) is 63.9 cm³/mol. The first kappa shape index (κ1) is 12.5. The van der Waals surface area contributed by atoms with Gasteiger partial charge >= 0.3 is 0 Å². The van der Waals surface area contributed by atoms with Gasteiger partial charge < -0.3 is 16.3 Å². The van der Waals surface area contributed by atoms with E-state index in [9.17, 15) is 4.79 Å². The highest BCUT2D eigenvalue weighted by Gasteiger charge is 2.14. The third-order valence-corrected chi connectivity index (χ3v) is 3.03. The lowest BCUT2D eigenvalue weighted by Gasteiger charge is -2.15. The third-order valence-electron chi connectivity index (χ3n) is 2.16. The summed E-state index contributed by atoms with van der Waals surface area (Å²) in [7, 11) is 0. The maximum Gasteiger partial charge on any atom is 0.261 e. The highest BCUT2D eigenvalue weighted by molar-refractivity contribution is 7.12. The van der Waals surface area contributed by atoms with Crippen LogP contribution in [0.5, 0.6) is 0 Å². The number of nitrogens with zero attached hydrogens (tertiary/aromatic N) is 1. The summed E-state index contributed by atoms with van der Waals surface area (Å²) in [5.41, 5.74) is 5.40. The Balaban J connectivity index is 2.54. The van der Waals surface area contributed by atoms with Crippen LogP contribution in [0.1, 0.15) is 29.4 Å². The van der Waals surface area contributed by atoms with Gasteiger partial charge in [-0.1, -0.05) is 18.1 Å². The molecule has 1 amide bonds. The second-order valence-corrected chi connectivity index (χ2v) is 4.30. The Morgan fingerprint density at radius 3 is 3.00 bits per heavy atom. The van der Waals surface area contributed by atoms with Crippen LogP contribution >= 0.6 is 11.3 Å². The normalized spacial score (nSPS) is 13.4. The molecule has 0 saturated carbocycles. The minimum absolute atomic E-state index is 0.106. The van der Waals surface area contributed by atoms with Gasteiger partial charge in [0, 0.05) is 12.5 Å². The Morgan fingerprint density at radius 1 is 1.75 bits per heavy atom. The molecule has 6 heteroatoms. The van der Waals surface area contributed by atoms with Crippen LogP contribution in [0.15, 0.2) is 22.7 Å². The lowest BCUT2D eigenvalue weighted by molar-refractivity contribution is 0.0941. The summed E-state index contributed by atoms with van der Waals surface area (Å²) in [6, 6.07) is 3.48. The minimum atomic E-state index is -0.118. The molecular formula is C10H15N3O2S. The summed E-state index contributed by atoms with van der Waals surface area (Å²) in [5, 5.41) is 16.0. The van der Waals surface area contributed by atoms with Crippen LogP contribution in [0.3, 0.4) is 0 Å². The monoisotopic (exact) mass is 241 g/mol. The fraction of sp³-hybridized carbons (Fsp3) is 0.400. The van der Waals surface area contributed by atoms with E-state index in [1.807, 2.05) is 18.4 Å². The average Bonchev–Trinajstić information content (AvgIpc) is 2.81. The first-order valence-corrected chi connectivity index (χ1v) is 5.86. The SMILES string of the molecule is CCC(CC(N)=NO)NC(=O)c1cccs1. The number of carbonyl (C=O) groups is 1. The number of hydrogen-bond donors (Lipinski definition) is 3. The van der Waals surface area contributed by atoms with Crippen molar-refractivity contribution in [2.75, 3.05) is 0 Å². The molecule has 1 aromatic rings. The molecule has 0 radical (unpaired) electrons. The van der Waals surface area contributed by atoms with Crippen molar-refractivity contribution in [3.8, 4) is 0 Å². The van der Waals surface area contributed by atoms with Gasteiger partial charge in [0.05, 0.1) is 4.88 Å². The molecule has 5 nitrogen and oxygen atoms in total. The van der Waals surface area contributed by atoms with Crippen molar-refractivity contribution < 1.29 is 10.0 Å². The quantitative estimate of drug-likeness (QED) is 0.315. The first-order valence-electron chi connectivity index (χ1n) is 4.98. The van der Waals surface area contributed by atoms with Crippen molar-refractivity contribution >= 4 is 23.1 Å². The highest BCUT2D eigenvalue weighted by atomic mass is 32.1. The number of oxime groups is 1. The number of rotatable bonds is 5. The summed E-state index contributed by atoms with van der Waals surface area (Å²) in [6.07, 6.45) is 1.08. The molecule has 88 valence electrons. The van der Waals surface area contributed by atoms with Crippen molar-refractivity contribution in [1.29, 1.82) is 0 Å². The van der Waals surface area contributed by atoms with E-state index in [4.69, 9.17) is 10.9 Å². The van der Waals surface area contributed by atoms with Gasteiger partial charge in [0.1, 0.15) is 5.84 Å². The van der Waals surface area contributed by atoms with Crippen LogP contribution in [0, 0.1) is 0 Å². The molecule has 0 spiro atoms. The molecule has 0 saturated heterocycles. The topological polar surface area (TPSA) is 87.7 Å². The van der Waals surface area contributed by atoms with E-state index in [2.05, 4.69) is 10.5 Å². The average molecular weight is 241 g/mol. The molecule has 1 atom stereocenters. The first-order chi connectivity index (χ1) is 7.67. The van der Waals surface area contributed by atoms with Crippen molar-refractivity contribution in [3.05, 3.63) is 22.4 Å².